The van der Waals surface area contributed by atoms with E-state index >= 15 is 0 Å². The summed E-state index contributed by atoms with van der Waals surface area (Å²) in [6.07, 6.45) is -0.432. The van der Waals surface area contributed by atoms with E-state index < -0.39 is 18.2 Å². The van der Waals surface area contributed by atoms with E-state index in [9.17, 15) is 24.2 Å². The first-order chi connectivity index (χ1) is 19.7. The highest BCUT2D eigenvalue weighted by atomic mass is 19.1. The maximum absolute atomic E-state index is 14.2. The number of carbonyl (C=O) groups is 2. The van der Waals surface area contributed by atoms with E-state index in [1.165, 1.54) is 12.1 Å². The SMILES string of the molecule is CC(C)c1c(C(=O)Cc2ccccc2O)c(-c2ccccc2)c(-c2ccc(F)cc2)n1CC[C@@H]1C[C@@H](O)CC(=O)O1. The van der Waals surface area contributed by atoms with Gasteiger partial charge in [0, 0.05) is 48.2 Å². The first-order valence-corrected chi connectivity index (χ1v) is 14.0. The number of benzene rings is 3. The summed E-state index contributed by atoms with van der Waals surface area (Å²) < 4.78 is 21.7. The van der Waals surface area contributed by atoms with Gasteiger partial charge < -0.3 is 19.5 Å². The fourth-order valence-electron chi connectivity index (χ4n) is 5.78. The monoisotopic (exact) mass is 555 g/mol. The zero-order valence-electron chi connectivity index (χ0n) is 23.2. The lowest BCUT2D eigenvalue weighted by Gasteiger charge is -2.27. The number of Topliss-reactive ketones (excluding diaryl/α,β-unsaturated/α-hetero) is 1. The van der Waals surface area contributed by atoms with Crippen LogP contribution >= 0.6 is 0 Å². The Bertz CT molecular complexity index is 1540. The number of aromatic hydroxyl groups is 1. The summed E-state index contributed by atoms with van der Waals surface area (Å²) in [5, 5.41) is 20.6. The minimum absolute atomic E-state index is 0.00548. The Morgan fingerprint density at radius 3 is 2.34 bits per heavy atom. The molecular weight excluding hydrogens is 521 g/mol. The Labute approximate surface area is 239 Å². The number of esters is 1. The molecule has 2 heterocycles. The van der Waals surface area contributed by atoms with Crippen molar-refractivity contribution in [2.45, 2.75) is 64.2 Å². The summed E-state index contributed by atoms with van der Waals surface area (Å²) in [5.41, 5.74) is 4.98. The zero-order chi connectivity index (χ0) is 29.1. The smallest absolute Gasteiger partial charge is 0.308 e. The minimum atomic E-state index is -0.748. The second-order valence-electron chi connectivity index (χ2n) is 10.9. The van der Waals surface area contributed by atoms with Crippen LogP contribution in [-0.2, 0) is 22.5 Å². The van der Waals surface area contributed by atoms with Crippen molar-refractivity contribution in [2.24, 2.45) is 0 Å². The van der Waals surface area contributed by atoms with Crippen LogP contribution in [0.2, 0.25) is 0 Å². The molecule has 1 aliphatic heterocycles. The van der Waals surface area contributed by atoms with Gasteiger partial charge in [0.25, 0.3) is 0 Å². The number of rotatable bonds is 9. The van der Waals surface area contributed by atoms with E-state index in [2.05, 4.69) is 4.57 Å². The lowest BCUT2D eigenvalue weighted by molar-refractivity contribution is -0.160. The summed E-state index contributed by atoms with van der Waals surface area (Å²) in [6, 6.07) is 22.7. The number of halogens is 1. The first kappa shape index (κ1) is 28.3. The molecule has 1 saturated heterocycles. The molecule has 1 aliphatic rings. The van der Waals surface area contributed by atoms with Gasteiger partial charge >= 0.3 is 5.97 Å². The van der Waals surface area contributed by atoms with Crippen molar-refractivity contribution in [3.8, 4) is 28.1 Å². The molecule has 0 amide bonds. The number of hydrogen-bond acceptors (Lipinski definition) is 5. The van der Waals surface area contributed by atoms with E-state index in [0.717, 1.165) is 28.1 Å². The molecule has 4 aromatic rings. The second kappa shape index (κ2) is 12.1. The highest BCUT2D eigenvalue weighted by molar-refractivity contribution is 6.08. The quantitative estimate of drug-likeness (QED) is 0.178. The summed E-state index contributed by atoms with van der Waals surface area (Å²) in [4.78, 5) is 26.3. The number of hydrogen-bond donors (Lipinski definition) is 2. The molecule has 5 rings (SSSR count). The van der Waals surface area contributed by atoms with Crippen LogP contribution in [0.1, 0.15) is 60.6 Å². The molecule has 7 heteroatoms. The van der Waals surface area contributed by atoms with Crippen molar-refractivity contribution in [3.05, 3.63) is 102 Å². The van der Waals surface area contributed by atoms with Crippen LogP contribution in [0.5, 0.6) is 5.75 Å². The maximum Gasteiger partial charge on any atom is 0.308 e. The normalized spacial score (nSPS) is 17.0. The van der Waals surface area contributed by atoms with E-state index in [1.54, 1.807) is 36.4 Å². The molecule has 41 heavy (non-hydrogen) atoms. The van der Waals surface area contributed by atoms with Crippen molar-refractivity contribution in [3.63, 3.8) is 0 Å². The van der Waals surface area contributed by atoms with Gasteiger partial charge in [0.15, 0.2) is 5.78 Å². The molecule has 0 saturated carbocycles. The zero-order valence-corrected chi connectivity index (χ0v) is 23.2. The molecule has 0 spiro atoms. The molecule has 0 radical (unpaired) electrons. The van der Waals surface area contributed by atoms with E-state index in [0.29, 0.717) is 30.5 Å². The van der Waals surface area contributed by atoms with E-state index in [1.807, 2.05) is 44.2 Å². The lowest BCUT2D eigenvalue weighted by Crippen LogP contribution is -2.33. The standard InChI is InChI=1S/C34H34FNO5/c1-21(2)33-32(29(39)18-24-10-6-7-11-28(24)38)31(22-8-4-3-5-9-22)34(23-12-14-25(35)15-13-23)36(33)17-16-27-19-26(37)20-30(40)41-27/h3-15,21,26-27,37-38H,16-20H2,1-2H3/t26-,27-/m1/s1. The van der Waals surface area contributed by atoms with Crippen LogP contribution in [0, 0.1) is 5.82 Å². The summed E-state index contributed by atoms with van der Waals surface area (Å²) in [7, 11) is 0. The number of ether oxygens (including phenoxy) is 1. The summed E-state index contributed by atoms with van der Waals surface area (Å²) >= 11 is 0. The number of aliphatic hydroxyl groups is 1. The number of cyclic esters (lactones) is 1. The van der Waals surface area contributed by atoms with Crippen molar-refractivity contribution in [1.82, 2.24) is 4.57 Å². The topological polar surface area (TPSA) is 88.8 Å². The summed E-state index contributed by atoms with van der Waals surface area (Å²) in [5.74, 6) is -0.946. The average Bonchev–Trinajstić information content (AvgIpc) is 3.29. The fraction of sp³-hybridized carbons (Fsp3) is 0.294. The molecular formula is C34H34FNO5. The Morgan fingerprint density at radius 1 is 1.00 bits per heavy atom. The van der Waals surface area contributed by atoms with Crippen molar-refractivity contribution in [2.75, 3.05) is 0 Å². The Morgan fingerprint density at radius 2 is 1.68 bits per heavy atom. The van der Waals surface area contributed by atoms with Gasteiger partial charge in [-0.1, -0.05) is 62.4 Å². The highest BCUT2D eigenvalue weighted by Crippen LogP contribution is 2.43. The number of phenolic OH excluding ortho intramolecular Hbond substituents is 1. The molecule has 2 atom stereocenters. The predicted molar refractivity (Wildman–Crippen MR) is 155 cm³/mol. The average molecular weight is 556 g/mol. The minimum Gasteiger partial charge on any atom is -0.508 e. The molecule has 6 nitrogen and oxygen atoms in total. The van der Waals surface area contributed by atoms with Crippen molar-refractivity contribution < 1.29 is 28.9 Å². The predicted octanol–water partition coefficient (Wildman–Crippen LogP) is 6.67. The summed E-state index contributed by atoms with van der Waals surface area (Å²) in [6.45, 7) is 4.46. The molecule has 3 aromatic carbocycles. The molecule has 0 unspecified atom stereocenters. The molecule has 2 N–H and O–H groups in total. The number of ketones is 1. The van der Waals surface area contributed by atoms with Crippen LogP contribution in [0.4, 0.5) is 4.39 Å². The van der Waals surface area contributed by atoms with Gasteiger partial charge in [-0.2, -0.15) is 0 Å². The number of carbonyl (C=O) groups excluding carboxylic acids is 2. The third-order valence-corrected chi connectivity index (χ3v) is 7.56. The fourth-order valence-corrected chi connectivity index (χ4v) is 5.78. The Hall–Kier alpha value is -4.23. The maximum atomic E-state index is 14.2. The number of phenols is 1. The lowest BCUT2D eigenvalue weighted by atomic mass is 9.90. The second-order valence-corrected chi connectivity index (χ2v) is 10.9. The Balaban J connectivity index is 1.72. The largest absolute Gasteiger partial charge is 0.508 e. The van der Waals surface area contributed by atoms with Gasteiger partial charge in [0.1, 0.15) is 17.7 Å². The molecule has 0 aliphatic carbocycles. The number of aromatic nitrogens is 1. The van der Waals surface area contributed by atoms with Crippen molar-refractivity contribution in [1.29, 1.82) is 0 Å². The van der Waals surface area contributed by atoms with Gasteiger partial charge in [-0.15, -0.1) is 0 Å². The third-order valence-electron chi connectivity index (χ3n) is 7.56. The van der Waals surface area contributed by atoms with Crippen LogP contribution in [0.3, 0.4) is 0 Å². The number of para-hydroxylation sites is 1. The van der Waals surface area contributed by atoms with Gasteiger partial charge in [0.2, 0.25) is 0 Å². The van der Waals surface area contributed by atoms with Gasteiger partial charge in [-0.25, -0.2) is 4.39 Å². The number of aliphatic hydroxyl groups excluding tert-OH is 1. The molecule has 212 valence electrons. The van der Waals surface area contributed by atoms with Gasteiger partial charge in [0.05, 0.1) is 18.2 Å². The van der Waals surface area contributed by atoms with Gasteiger partial charge in [-0.3, -0.25) is 9.59 Å². The molecule has 0 bridgehead atoms. The van der Waals surface area contributed by atoms with E-state index in [-0.39, 0.29) is 36.1 Å². The van der Waals surface area contributed by atoms with Crippen LogP contribution < -0.4 is 0 Å². The van der Waals surface area contributed by atoms with Crippen molar-refractivity contribution >= 4 is 11.8 Å². The number of nitrogens with zero attached hydrogens (tertiary/aromatic N) is 1. The highest BCUT2D eigenvalue weighted by Gasteiger charge is 2.32. The van der Waals surface area contributed by atoms with Gasteiger partial charge in [-0.05, 0) is 47.4 Å². The molecule has 1 aromatic heterocycles. The van der Waals surface area contributed by atoms with Crippen LogP contribution in [-0.4, -0.2) is 38.7 Å². The first-order valence-electron chi connectivity index (χ1n) is 14.0. The molecule has 1 fully saturated rings. The third kappa shape index (κ3) is 6.10. The Kier molecular flexibility index (Phi) is 8.36. The van der Waals surface area contributed by atoms with E-state index in [4.69, 9.17) is 4.74 Å². The van der Waals surface area contributed by atoms with Crippen LogP contribution in [0.15, 0.2) is 78.9 Å². The van der Waals surface area contributed by atoms with Crippen LogP contribution in [0.25, 0.3) is 22.4 Å².